The van der Waals surface area contributed by atoms with Crippen molar-refractivity contribution >= 4 is 5.78 Å². The molecule has 0 radical (unpaired) electrons. The first-order valence-corrected chi connectivity index (χ1v) is 13.3. The number of ether oxygens (including phenoxy) is 4. The minimum atomic E-state index is -1.74. The Labute approximate surface area is 230 Å². The van der Waals surface area contributed by atoms with Crippen molar-refractivity contribution in [2.45, 2.75) is 111 Å². The Morgan fingerprint density at radius 1 is 0.825 bits per heavy atom. The van der Waals surface area contributed by atoms with Crippen LogP contribution in [0.25, 0.3) is 0 Å². The number of carbonyl (C=O) groups excluding carboxylic acids is 1. The first-order valence-electron chi connectivity index (χ1n) is 13.3. The second kappa shape index (κ2) is 14.5. The van der Waals surface area contributed by atoms with Gasteiger partial charge in [0.25, 0.3) is 0 Å². The van der Waals surface area contributed by atoms with E-state index in [-0.39, 0.29) is 32.4 Å². The molecule has 0 aromatic rings. The van der Waals surface area contributed by atoms with Crippen LogP contribution in [0, 0.1) is 5.92 Å². The summed E-state index contributed by atoms with van der Waals surface area (Å²) in [5.41, 5.74) is 23.2. The fourth-order valence-corrected chi connectivity index (χ4v) is 5.38. The second-order valence-corrected chi connectivity index (χ2v) is 10.6. The predicted molar refractivity (Wildman–Crippen MR) is 133 cm³/mol. The molecule has 17 heteroatoms. The van der Waals surface area contributed by atoms with E-state index in [1.54, 1.807) is 0 Å². The van der Waals surface area contributed by atoms with Gasteiger partial charge in [-0.2, -0.15) is 0 Å². The molecule has 1 saturated carbocycles. The largest absolute Gasteiger partial charge is 0.394 e. The van der Waals surface area contributed by atoms with Crippen molar-refractivity contribution in [3.8, 4) is 0 Å². The Balaban J connectivity index is 1.85. The molecule has 234 valence electrons. The van der Waals surface area contributed by atoms with E-state index in [2.05, 4.69) is 0 Å². The van der Waals surface area contributed by atoms with Crippen LogP contribution in [-0.2, 0) is 23.7 Å². The zero-order valence-corrected chi connectivity index (χ0v) is 21.9. The van der Waals surface area contributed by atoms with Crippen LogP contribution < -0.4 is 22.9 Å². The highest BCUT2D eigenvalue weighted by atomic mass is 16.7. The molecule has 17 nitrogen and oxygen atoms in total. The molecule has 40 heavy (non-hydrogen) atoms. The molecule has 0 bridgehead atoms. The summed E-state index contributed by atoms with van der Waals surface area (Å²) in [5, 5.41) is 82.5. The van der Waals surface area contributed by atoms with Gasteiger partial charge in [-0.15, -0.1) is 0 Å². The Hall–Kier alpha value is -0.970. The Bertz CT molecular complexity index is 813. The highest BCUT2D eigenvalue weighted by Gasteiger charge is 2.52. The van der Waals surface area contributed by atoms with Gasteiger partial charge < -0.3 is 82.7 Å². The molecular weight excluding hydrogens is 540 g/mol. The quantitative estimate of drug-likeness (QED) is 0.107. The number of rotatable bonds is 11. The lowest BCUT2D eigenvalue weighted by Crippen LogP contribution is -2.66. The monoisotopic (exact) mass is 584 g/mol. The second-order valence-electron chi connectivity index (χ2n) is 10.6. The van der Waals surface area contributed by atoms with E-state index in [1.807, 2.05) is 0 Å². The van der Waals surface area contributed by atoms with E-state index < -0.39 is 110 Å². The first-order chi connectivity index (χ1) is 18.9. The maximum absolute atomic E-state index is 12.7. The number of aliphatic hydroxyl groups excluding tert-OH is 8. The fourth-order valence-electron chi connectivity index (χ4n) is 5.38. The van der Waals surface area contributed by atoms with Gasteiger partial charge in [0.2, 0.25) is 0 Å². The molecule has 3 aliphatic rings. The van der Waals surface area contributed by atoms with Crippen LogP contribution >= 0.6 is 0 Å². The molecule has 0 amide bonds. The van der Waals surface area contributed by atoms with Crippen molar-refractivity contribution in [2.24, 2.45) is 28.9 Å². The molecule has 0 unspecified atom stereocenters. The fraction of sp³-hybridized carbons (Fsp3) is 0.957. The zero-order chi connectivity index (χ0) is 29.9. The van der Waals surface area contributed by atoms with Crippen molar-refractivity contribution in [3.63, 3.8) is 0 Å². The minimum Gasteiger partial charge on any atom is -0.394 e. The maximum Gasteiger partial charge on any atom is 0.187 e. The van der Waals surface area contributed by atoms with Crippen molar-refractivity contribution < 1.29 is 64.6 Å². The van der Waals surface area contributed by atoms with Crippen LogP contribution in [0.15, 0.2) is 0 Å². The Morgan fingerprint density at radius 2 is 1.43 bits per heavy atom. The van der Waals surface area contributed by atoms with Crippen molar-refractivity contribution in [1.29, 1.82) is 0 Å². The van der Waals surface area contributed by atoms with Gasteiger partial charge in [-0.05, 0) is 25.3 Å². The number of carbonyl (C=O) groups is 1. The predicted octanol–water partition coefficient (Wildman–Crippen LogP) is -7.33. The molecular formula is C23H44N4O13. The highest BCUT2D eigenvalue weighted by molar-refractivity contribution is 5.83. The molecule has 2 aliphatic heterocycles. The number of ketones is 1. The van der Waals surface area contributed by atoms with E-state index in [0.717, 1.165) is 0 Å². The van der Waals surface area contributed by atoms with Gasteiger partial charge in [-0.25, -0.2) is 0 Å². The Kier molecular flexibility index (Phi) is 12.1. The van der Waals surface area contributed by atoms with Crippen LogP contribution in [0.3, 0.4) is 0 Å². The van der Waals surface area contributed by atoms with Crippen LogP contribution in [0.1, 0.15) is 19.3 Å². The normalized spacial score (nSPS) is 47.1. The summed E-state index contributed by atoms with van der Waals surface area (Å²) in [6.45, 7) is -0.833. The average Bonchev–Trinajstić information content (AvgIpc) is 2.92. The molecule has 16 atom stereocenters. The summed E-state index contributed by atoms with van der Waals surface area (Å²) in [5.74, 6) is -1.44. The summed E-state index contributed by atoms with van der Waals surface area (Å²) in [7, 11) is 0. The third-order valence-corrected chi connectivity index (χ3v) is 7.83. The first kappa shape index (κ1) is 33.5. The molecule has 0 aromatic heterocycles. The Morgan fingerprint density at radius 3 is 2.02 bits per heavy atom. The highest BCUT2D eigenvalue weighted by Crippen LogP contribution is 2.36. The molecule has 3 rings (SSSR count). The number of aliphatic hydroxyl groups is 8. The molecule has 1 aliphatic carbocycles. The molecule has 16 N–H and O–H groups in total. The van der Waals surface area contributed by atoms with E-state index in [9.17, 15) is 45.6 Å². The van der Waals surface area contributed by atoms with Gasteiger partial charge in [-0.3, -0.25) is 4.79 Å². The van der Waals surface area contributed by atoms with Crippen LogP contribution in [0.2, 0.25) is 0 Å². The van der Waals surface area contributed by atoms with Crippen LogP contribution in [0.5, 0.6) is 0 Å². The molecule has 2 heterocycles. The number of nitrogens with two attached hydrogens (primary N) is 4. The lowest BCUT2D eigenvalue weighted by atomic mass is 9.76. The van der Waals surface area contributed by atoms with Gasteiger partial charge in [0.1, 0.15) is 61.0 Å². The minimum absolute atomic E-state index is 0.000186. The summed E-state index contributed by atoms with van der Waals surface area (Å²) in [6.07, 6.45) is -19.5. The van der Waals surface area contributed by atoms with Crippen molar-refractivity contribution in [2.75, 3.05) is 19.7 Å². The van der Waals surface area contributed by atoms with Crippen LogP contribution in [0.4, 0.5) is 0 Å². The smallest absolute Gasteiger partial charge is 0.187 e. The van der Waals surface area contributed by atoms with Gasteiger partial charge in [0.05, 0.1) is 18.8 Å². The average molecular weight is 585 g/mol. The molecule has 0 spiro atoms. The van der Waals surface area contributed by atoms with E-state index in [1.165, 1.54) is 0 Å². The number of hydrogen-bond acceptors (Lipinski definition) is 17. The summed E-state index contributed by atoms with van der Waals surface area (Å²) in [6, 6.07) is -2.27. The molecule has 0 aromatic carbocycles. The van der Waals surface area contributed by atoms with Gasteiger partial charge in [0, 0.05) is 19.0 Å². The third kappa shape index (κ3) is 7.14. The summed E-state index contributed by atoms with van der Waals surface area (Å²) in [4.78, 5) is 12.7. The van der Waals surface area contributed by atoms with Crippen molar-refractivity contribution in [1.82, 2.24) is 0 Å². The van der Waals surface area contributed by atoms with E-state index >= 15 is 0 Å². The lowest BCUT2D eigenvalue weighted by Gasteiger charge is -2.48. The van der Waals surface area contributed by atoms with Gasteiger partial charge in [-0.1, -0.05) is 0 Å². The SMILES string of the molecule is NCC[C@H](O)C(=O)C[C@@H]1C[C@H](N)[C@@H](O[C@H]2O[C@H](CN)[C@@H](O)[C@H](O)[C@H]2O)[C@H](O)[C@H]1O[C@H]1O[C@H](CO)[C@@H](O)[C@H](N)[C@H]1O. The standard InChI is InChI=1S/C23H44N4O13/c24-2-1-9(29)10(30)4-7-3-8(26)21(40-23-18(35)17(34)15(32)11(5-25)37-23)19(36)20(7)39-22-16(33)13(27)14(31)12(6-28)38-22/h7-9,11-23,28-29,31-36H,1-6,24-27H2/t7-,8-,9-,11+,12+,13-,14+,15+,16+,17-,18+,19+,20-,21+,22+,23+/m0/s1. The number of hydrogen-bond donors (Lipinski definition) is 12. The number of Topliss-reactive ketones (excluding diaryl/α,β-unsaturated/α-hetero) is 1. The van der Waals surface area contributed by atoms with Crippen molar-refractivity contribution in [3.05, 3.63) is 0 Å². The maximum atomic E-state index is 12.7. The topological polar surface area (TPSA) is 320 Å². The van der Waals surface area contributed by atoms with E-state index in [0.29, 0.717) is 0 Å². The molecule has 3 fully saturated rings. The van der Waals surface area contributed by atoms with Gasteiger partial charge in [0.15, 0.2) is 18.4 Å². The van der Waals surface area contributed by atoms with E-state index in [4.69, 9.17) is 41.9 Å². The summed E-state index contributed by atoms with van der Waals surface area (Å²) < 4.78 is 22.6. The zero-order valence-electron chi connectivity index (χ0n) is 21.9. The lowest BCUT2D eigenvalue weighted by molar-refractivity contribution is -0.335. The molecule has 2 saturated heterocycles. The van der Waals surface area contributed by atoms with Crippen LogP contribution in [-0.4, -0.2) is 158 Å². The summed E-state index contributed by atoms with van der Waals surface area (Å²) >= 11 is 0. The third-order valence-electron chi connectivity index (χ3n) is 7.83. The van der Waals surface area contributed by atoms with Gasteiger partial charge >= 0.3 is 0 Å².